The summed E-state index contributed by atoms with van der Waals surface area (Å²) < 4.78 is 12.0. The molecule has 0 radical (unpaired) electrons. The molecule has 0 saturated carbocycles. The van der Waals surface area contributed by atoms with E-state index < -0.39 is 0 Å². The fourth-order valence-corrected chi connectivity index (χ4v) is 2.64. The average molecular weight is 377 g/mol. The number of carbonyl (C=O) groups excluding carboxylic acids is 1. The van der Waals surface area contributed by atoms with E-state index in [0.29, 0.717) is 24.7 Å². The number of hydrogen-bond donors (Lipinski definition) is 1. The van der Waals surface area contributed by atoms with E-state index in [1.54, 1.807) is 18.3 Å². The molecule has 1 amide bonds. The smallest absolute Gasteiger partial charge is 0.255 e. The number of anilines is 1. The van der Waals surface area contributed by atoms with Crippen molar-refractivity contribution in [1.29, 1.82) is 0 Å². The maximum Gasteiger partial charge on any atom is 0.255 e. The van der Waals surface area contributed by atoms with Crippen LogP contribution in [0.3, 0.4) is 0 Å². The zero-order valence-electron chi connectivity index (χ0n) is 12.7. The van der Waals surface area contributed by atoms with Gasteiger partial charge in [0.2, 0.25) is 5.88 Å². The number of halogens is 1. The number of rotatable bonds is 4. The molecule has 1 aliphatic rings. The summed E-state index contributed by atoms with van der Waals surface area (Å²) in [5.41, 5.74) is 2.35. The molecule has 1 saturated heterocycles. The quantitative estimate of drug-likeness (QED) is 0.885. The highest BCUT2D eigenvalue weighted by molar-refractivity contribution is 9.10. The van der Waals surface area contributed by atoms with Crippen LogP contribution in [0, 0.1) is 6.92 Å². The third kappa shape index (κ3) is 4.09. The van der Waals surface area contributed by atoms with Crippen LogP contribution < -0.4 is 10.1 Å². The molecule has 5 nitrogen and oxygen atoms in total. The second-order valence-electron chi connectivity index (χ2n) is 5.40. The Morgan fingerprint density at radius 3 is 3.00 bits per heavy atom. The van der Waals surface area contributed by atoms with Gasteiger partial charge in [-0.3, -0.25) is 4.79 Å². The van der Waals surface area contributed by atoms with Crippen LogP contribution in [0.4, 0.5) is 5.69 Å². The van der Waals surface area contributed by atoms with Gasteiger partial charge in [0.25, 0.3) is 5.91 Å². The molecule has 23 heavy (non-hydrogen) atoms. The molecule has 1 aromatic heterocycles. The van der Waals surface area contributed by atoms with E-state index in [1.165, 1.54) is 0 Å². The van der Waals surface area contributed by atoms with Crippen molar-refractivity contribution in [2.45, 2.75) is 19.4 Å². The van der Waals surface area contributed by atoms with Crippen LogP contribution in [0.25, 0.3) is 0 Å². The molecule has 1 atom stereocenters. The van der Waals surface area contributed by atoms with Crippen LogP contribution >= 0.6 is 15.9 Å². The molecule has 0 spiro atoms. The molecule has 0 bridgehead atoms. The van der Waals surface area contributed by atoms with Gasteiger partial charge in [-0.2, -0.15) is 0 Å². The fraction of sp³-hybridized carbons (Fsp3) is 0.294. The van der Waals surface area contributed by atoms with E-state index in [-0.39, 0.29) is 12.0 Å². The monoisotopic (exact) mass is 376 g/mol. The van der Waals surface area contributed by atoms with Crippen molar-refractivity contribution < 1.29 is 14.3 Å². The van der Waals surface area contributed by atoms with Gasteiger partial charge in [-0.25, -0.2) is 4.98 Å². The van der Waals surface area contributed by atoms with Crippen LogP contribution in [0.1, 0.15) is 22.3 Å². The van der Waals surface area contributed by atoms with Crippen molar-refractivity contribution >= 4 is 27.5 Å². The minimum atomic E-state index is -0.198. The lowest BCUT2D eigenvalue weighted by Gasteiger charge is -2.12. The van der Waals surface area contributed by atoms with Crippen molar-refractivity contribution in [3.63, 3.8) is 0 Å². The van der Waals surface area contributed by atoms with Gasteiger partial charge in [-0.1, -0.05) is 22.0 Å². The number of aryl methyl sites for hydroxylation is 1. The Morgan fingerprint density at radius 2 is 2.26 bits per heavy atom. The van der Waals surface area contributed by atoms with Gasteiger partial charge in [0, 0.05) is 34.4 Å². The summed E-state index contributed by atoms with van der Waals surface area (Å²) in [5.74, 6) is 0.244. The number of carbonyl (C=O) groups is 1. The zero-order chi connectivity index (χ0) is 16.2. The first-order valence-electron chi connectivity index (χ1n) is 7.40. The molecular formula is C17H17BrN2O3. The Hall–Kier alpha value is -1.92. The maximum atomic E-state index is 12.4. The predicted octanol–water partition coefficient (Wildman–Crippen LogP) is 3.57. The van der Waals surface area contributed by atoms with Crippen molar-refractivity contribution in [1.82, 2.24) is 4.98 Å². The number of amides is 1. The number of hydrogen-bond acceptors (Lipinski definition) is 4. The summed E-state index contributed by atoms with van der Waals surface area (Å²) in [6, 6.07) is 9.00. The van der Waals surface area contributed by atoms with Gasteiger partial charge in [0.1, 0.15) is 6.10 Å². The molecule has 3 rings (SSSR count). The lowest BCUT2D eigenvalue weighted by Crippen LogP contribution is -2.17. The molecule has 0 aliphatic carbocycles. The molecule has 1 unspecified atom stereocenters. The standard InChI is InChI=1S/C17H17BrN2O3/c1-11-2-3-13(9-15(11)18)20-17(21)12-4-6-19-16(8-12)23-14-5-7-22-10-14/h2-4,6,8-9,14H,5,7,10H2,1H3,(H,20,21). The SMILES string of the molecule is Cc1ccc(NC(=O)c2ccnc(OC3CCOC3)c2)cc1Br. The minimum absolute atomic E-state index is 0.00821. The number of nitrogens with zero attached hydrogens (tertiary/aromatic N) is 1. The first-order chi connectivity index (χ1) is 11.1. The molecule has 1 N–H and O–H groups in total. The van der Waals surface area contributed by atoms with Crippen molar-refractivity contribution in [3.8, 4) is 5.88 Å². The van der Waals surface area contributed by atoms with Crippen LogP contribution in [0.5, 0.6) is 5.88 Å². The number of aromatic nitrogens is 1. The Morgan fingerprint density at radius 1 is 1.39 bits per heavy atom. The van der Waals surface area contributed by atoms with Crippen LogP contribution in [0.2, 0.25) is 0 Å². The van der Waals surface area contributed by atoms with Gasteiger partial charge < -0.3 is 14.8 Å². The molecular weight excluding hydrogens is 360 g/mol. The number of nitrogens with one attached hydrogen (secondary N) is 1. The predicted molar refractivity (Wildman–Crippen MR) is 90.9 cm³/mol. The number of pyridine rings is 1. The van der Waals surface area contributed by atoms with Gasteiger partial charge in [-0.05, 0) is 30.7 Å². The Balaban J connectivity index is 1.70. The van der Waals surface area contributed by atoms with E-state index >= 15 is 0 Å². The summed E-state index contributed by atoms with van der Waals surface area (Å²) in [6.45, 7) is 3.26. The van der Waals surface area contributed by atoms with Gasteiger partial charge in [0.05, 0.1) is 13.2 Å². The van der Waals surface area contributed by atoms with Gasteiger partial charge in [0.15, 0.2) is 0 Å². The normalized spacial score (nSPS) is 17.0. The minimum Gasteiger partial charge on any atom is -0.472 e. The third-order valence-electron chi connectivity index (χ3n) is 3.60. The van der Waals surface area contributed by atoms with Crippen molar-refractivity contribution in [2.24, 2.45) is 0 Å². The molecule has 1 aliphatic heterocycles. The number of benzene rings is 1. The maximum absolute atomic E-state index is 12.4. The summed E-state index contributed by atoms with van der Waals surface area (Å²) in [7, 11) is 0. The lowest BCUT2D eigenvalue weighted by atomic mass is 10.2. The van der Waals surface area contributed by atoms with Crippen LogP contribution in [-0.2, 0) is 4.74 Å². The molecule has 2 aromatic rings. The third-order valence-corrected chi connectivity index (χ3v) is 4.46. The molecule has 120 valence electrons. The largest absolute Gasteiger partial charge is 0.472 e. The molecule has 1 fully saturated rings. The van der Waals surface area contributed by atoms with Gasteiger partial charge in [-0.15, -0.1) is 0 Å². The van der Waals surface area contributed by atoms with E-state index in [1.807, 2.05) is 25.1 Å². The van der Waals surface area contributed by atoms with Crippen molar-refractivity contribution in [3.05, 3.63) is 52.1 Å². The second kappa shape index (κ2) is 7.10. The first kappa shape index (κ1) is 16.0. The van der Waals surface area contributed by atoms with Crippen LogP contribution in [-0.4, -0.2) is 30.2 Å². The molecule has 6 heteroatoms. The second-order valence-corrected chi connectivity index (χ2v) is 6.26. The highest BCUT2D eigenvalue weighted by Gasteiger charge is 2.18. The highest BCUT2D eigenvalue weighted by atomic mass is 79.9. The number of ether oxygens (including phenoxy) is 2. The average Bonchev–Trinajstić information content (AvgIpc) is 3.04. The van der Waals surface area contributed by atoms with Crippen molar-refractivity contribution in [2.75, 3.05) is 18.5 Å². The summed E-state index contributed by atoms with van der Waals surface area (Å²) in [5, 5.41) is 2.87. The summed E-state index contributed by atoms with van der Waals surface area (Å²) in [6.07, 6.45) is 2.43. The Bertz CT molecular complexity index is 715. The fourth-order valence-electron chi connectivity index (χ4n) is 2.27. The van der Waals surface area contributed by atoms with Gasteiger partial charge >= 0.3 is 0 Å². The van der Waals surface area contributed by atoms with E-state index in [4.69, 9.17) is 9.47 Å². The van der Waals surface area contributed by atoms with E-state index in [2.05, 4.69) is 26.2 Å². The Kier molecular flexibility index (Phi) is 4.93. The lowest BCUT2D eigenvalue weighted by molar-refractivity contribution is 0.102. The topological polar surface area (TPSA) is 60.5 Å². The highest BCUT2D eigenvalue weighted by Crippen LogP contribution is 2.22. The zero-order valence-corrected chi connectivity index (χ0v) is 14.3. The van der Waals surface area contributed by atoms with Crippen LogP contribution in [0.15, 0.2) is 41.0 Å². The molecule has 2 heterocycles. The summed E-state index contributed by atoms with van der Waals surface area (Å²) in [4.78, 5) is 16.5. The molecule has 1 aromatic carbocycles. The van der Waals surface area contributed by atoms with E-state index in [0.717, 1.165) is 22.1 Å². The van der Waals surface area contributed by atoms with E-state index in [9.17, 15) is 4.79 Å². The first-order valence-corrected chi connectivity index (χ1v) is 8.19. The Labute approximate surface area is 143 Å². The summed E-state index contributed by atoms with van der Waals surface area (Å²) >= 11 is 3.46.